The van der Waals surface area contributed by atoms with Crippen molar-refractivity contribution in [2.45, 2.75) is 19.0 Å². The van der Waals surface area contributed by atoms with Crippen LogP contribution in [0, 0.1) is 5.82 Å². The Hall–Kier alpha value is -3.29. The Kier molecular flexibility index (Phi) is 5.24. The van der Waals surface area contributed by atoms with Crippen molar-refractivity contribution in [1.82, 2.24) is 0 Å². The Morgan fingerprint density at radius 3 is 2.47 bits per heavy atom. The molecule has 1 aliphatic heterocycles. The van der Waals surface area contributed by atoms with E-state index in [-0.39, 0.29) is 22.8 Å². The van der Waals surface area contributed by atoms with Crippen LogP contribution in [0.4, 0.5) is 28.9 Å². The summed E-state index contributed by atoms with van der Waals surface area (Å²) in [5.41, 5.74) is 0.0171. The van der Waals surface area contributed by atoms with Crippen molar-refractivity contribution in [1.29, 1.82) is 0 Å². The number of amides is 1. The first-order valence-electron chi connectivity index (χ1n) is 9.45. The quantitative estimate of drug-likeness (QED) is 0.532. The number of hydrogen-bond donors (Lipinski definition) is 1. The van der Waals surface area contributed by atoms with Gasteiger partial charge in [0, 0.05) is 18.7 Å². The summed E-state index contributed by atoms with van der Waals surface area (Å²) < 4.78 is 58.7. The van der Waals surface area contributed by atoms with Crippen molar-refractivity contribution < 1.29 is 26.8 Å². The van der Waals surface area contributed by atoms with Crippen LogP contribution in [-0.4, -0.2) is 19.0 Å². The Morgan fingerprint density at radius 2 is 1.73 bits per heavy atom. The zero-order valence-electron chi connectivity index (χ0n) is 15.8. The fourth-order valence-corrected chi connectivity index (χ4v) is 3.50. The molecule has 1 fully saturated rings. The summed E-state index contributed by atoms with van der Waals surface area (Å²) >= 11 is 0. The van der Waals surface area contributed by atoms with Crippen LogP contribution in [0.1, 0.15) is 29.0 Å². The van der Waals surface area contributed by atoms with Crippen LogP contribution in [0.25, 0.3) is 11.3 Å². The highest BCUT2D eigenvalue weighted by Gasteiger charge is 2.30. The molecule has 0 saturated carbocycles. The summed E-state index contributed by atoms with van der Waals surface area (Å²) in [6, 6.07) is 12.0. The number of halogens is 4. The third-order valence-corrected chi connectivity index (χ3v) is 4.98. The van der Waals surface area contributed by atoms with E-state index in [9.17, 15) is 22.4 Å². The molecule has 1 N–H and O–H groups in total. The predicted molar refractivity (Wildman–Crippen MR) is 105 cm³/mol. The van der Waals surface area contributed by atoms with Gasteiger partial charge in [-0.05, 0) is 49.2 Å². The molecule has 0 atom stereocenters. The summed E-state index contributed by atoms with van der Waals surface area (Å²) in [4.78, 5) is 14.6. The van der Waals surface area contributed by atoms with Crippen LogP contribution < -0.4 is 10.2 Å². The van der Waals surface area contributed by atoms with Gasteiger partial charge in [0.25, 0.3) is 5.91 Å². The molecule has 1 saturated heterocycles. The monoisotopic (exact) mass is 418 g/mol. The van der Waals surface area contributed by atoms with Gasteiger partial charge in [-0.1, -0.05) is 18.2 Å². The molecule has 1 aromatic heterocycles. The second-order valence-electron chi connectivity index (χ2n) is 7.02. The third-order valence-electron chi connectivity index (χ3n) is 4.98. The Bertz CT molecular complexity index is 1070. The fraction of sp³-hybridized carbons (Fsp3) is 0.227. The smallest absolute Gasteiger partial charge is 0.416 e. The number of carbonyl (C=O) groups excluding carboxylic acids is 1. The minimum Gasteiger partial charge on any atom is -0.451 e. The molecule has 0 bridgehead atoms. The van der Waals surface area contributed by atoms with E-state index in [0.717, 1.165) is 38.1 Å². The number of nitrogens with one attached hydrogen (secondary N) is 1. The lowest BCUT2D eigenvalue weighted by molar-refractivity contribution is -0.137. The maximum Gasteiger partial charge on any atom is 0.416 e. The second-order valence-corrected chi connectivity index (χ2v) is 7.02. The average Bonchev–Trinajstić information content (AvgIpc) is 3.41. The van der Waals surface area contributed by atoms with Crippen molar-refractivity contribution in [2.75, 3.05) is 23.3 Å². The second kappa shape index (κ2) is 7.85. The number of nitrogens with zero attached hydrogens (tertiary/aromatic N) is 1. The van der Waals surface area contributed by atoms with Crippen molar-refractivity contribution in [3.63, 3.8) is 0 Å². The van der Waals surface area contributed by atoms with E-state index in [4.69, 9.17) is 4.42 Å². The van der Waals surface area contributed by atoms with Gasteiger partial charge in [0.15, 0.2) is 5.76 Å². The number of rotatable bonds is 4. The molecule has 0 spiro atoms. The molecule has 3 aromatic rings. The predicted octanol–water partition coefficient (Wildman–Crippen LogP) is 5.96. The first-order chi connectivity index (χ1) is 14.3. The number of carbonyl (C=O) groups is 1. The summed E-state index contributed by atoms with van der Waals surface area (Å²) in [5, 5.41) is 2.54. The highest BCUT2D eigenvalue weighted by molar-refractivity contribution is 6.04. The molecule has 4 nitrogen and oxygen atoms in total. The molecule has 0 unspecified atom stereocenters. The van der Waals surface area contributed by atoms with E-state index < -0.39 is 23.5 Å². The molecule has 4 rings (SSSR count). The molecule has 2 aromatic carbocycles. The number of anilines is 2. The van der Waals surface area contributed by atoms with Gasteiger partial charge < -0.3 is 14.6 Å². The van der Waals surface area contributed by atoms with Gasteiger partial charge in [0.2, 0.25) is 0 Å². The lowest BCUT2D eigenvalue weighted by Gasteiger charge is -2.21. The van der Waals surface area contributed by atoms with E-state index in [1.54, 1.807) is 12.1 Å². The highest BCUT2D eigenvalue weighted by Crippen LogP contribution is 2.34. The molecule has 8 heteroatoms. The Morgan fingerprint density at radius 1 is 1.00 bits per heavy atom. The minimum absolute atomic E-state index is 0.0569. The van der Waals surface area contributed by atoms with Crippen LogP contribution in [-0.2, 0) is 6.18 Å². The topological polar surface area (TPSA) is 45.5 Å². The summed E-state index contributed by atoms with van der Waals surface area (Å²) in [6.07, 6.45) is -2.51. The van der Waals surface area contributed by atoms with E-state index >= 15 is 0 Å². The van der Waals surface area contributed by atoms with Crippen LogP contribution in [0.5, 0.6) is 0 Å². The van der Waals surface area contributed by atoms with E-state index in [0.29, 0.717) is 5.69 Å². The number of para-hydroxylation sites is 1. The third kappa shape index (κ3) is 4.03. The molecule has 30 heavy (non-hydrogen) atoms. The average molecular weight is 418 g/mol. The molecule has 0 radical (unpaired) electrons. The van der Waals surface area contributed by atoms with Crippen molar-refractivity contribution in [3.05, 3.63) is 71.7 Å². The Balaban J connectivity index is 1.58. The molecule has 2 heterocycles. The number of furan rings is 1. The van der Waals surface area contributed by atoms with Crippen molar-refractivity contribution >= 4 is 17.3 Å². The lowest BCUT2D eigenvalue weighted by Crippen LogP contribution is -2.21. The molecule has 1 amide bonds. The lowest BCUT2D eigenvalue weighted by atomic mass is 10.1. The maximum atomic E-state index is 14.4. The summed E-state index contributed by atoms with van der Waals surface area (Å²) in [7, 11) is 0. The molecule has 1 aliphatic rings. The van der Waals surface area contributed by atoms with Gasteiger partial charge >= 0.3 is 6.18 Å². The van der Waals surface area contributed by atoms with Gasteiger partial charge in [-0.15, -0.1) is 0 Å². The molecule has 0 aliphatic carbocycles. The van der Waals surface area contributed by atoms with E-state index in [1.165, 1.54) is 30.3 Å². The standard InChI is InChI=1S/C22H18F4N2O2/c23-16-7-4-8-17(28-11-1-2-12-28)20(16)27-21(29)19-10-9-18(30-19)14-5-3-6-15(13-14)22(24,25)26/h3-10,13H,1-2,11-12H2,(H,27,29). The number of benzene rings is 2. The van der Waals surface area contributed by atoms with Gasteiger partial charge in [-0.3, -0.25) is 4.79 Å². The van der Waals surface area contributed by atoms with Crippen LogP contribution >= 0.6 is 0 Å². The number of hydrogen-bond acceptors (Lipinski definition) is 3. The summed E-state index contributed by atoms with van der Waals surface area (Å²) in [6.45, 7) is 1.54. The fourth-order valence-electron chi connectivity index (χ4n) is 3.50. The number of alkyl halides is 3. The molecular formula is C22H18F4N2O2. The van der Waals surface area contributed by atoms with Gasteiger partial charge in [-0.25, -0.2) is 4.39 Å². The van der Waals surface area contributed by atoms with Crippen LogP contribution in [0.3, 0.4) is 0 Å². The zero-order chi connectivity index (χ0) is 21.3. The molecular weight excluding hydrogens is 400 g/mol. The SMILES string of the molecule is O=C(Nc1c(F)cccc1N1CCCC1)c1ccc(-c2cccc(C(F)(F)F)c2)o1. The first-order valence-corrected chi connectivity index (χ1v) is 9.45. The minimum atomic E-state index is -4.49. The van der Waals surface area contributed by atoms with Crippen LogP contribution in [0.2, 0.25) is 0 Å². The van der Waals surface area contributed by atoms with Gasteiger partial charge in [0.05, 0.1) is 11.3 Å². The Labute approximate surface area is 170 Å². The van der Waals surface area contributed by atoms with Gasteiger partial charge in [-0.2, -0.15) is 13.2 Å². The van der Waals surface area contributed by atoms with Gasteiger partial charge in [0.1, 0.15) is 17.3 Å². The maximum absolute atomic E-state index is 14.4. The van der Waals surface area contributed by atoms with Crippen molar-refractivity contribution in [3.8, 4) is 11.3 Å². The zero-order valence-corrected chi connectivity index (χ0v) is 15.8. The largest absolute Gasteiger partial charge is 0.451 e. The van der Waals surface area contributed by atoms with Crippen LogP contribution in [0.15, 0.2) is 59.0 Å². The van der Waals surface area contributed by atoms with E-state index in [2.05, 4.69) is 5.32 Å². The van der Waals surface area contributed by atoms with Crippen molar-refractivity contribution in [2.24, 2.45) is 0 Å². The first kappa shape index (κ1) is 20.0. The highest BCUT2D eigenvalue weighted by atomic mass is 19.4. The molecule has 156 valence electrons. The summed E-state index contributed by atoms with van der Waals surface area (Å²) in [5.74, 6) is -1.27. The normalized spacial score (nSPS) is 14.2. The van der Waals surface area contributed by atoms with E-state index in [1.807, 2.05) is 4.90 Å².